The molecule has 1 heterocycles. The fraction of sp³-hybridized carbons (Fsp3) is 0.462. The molecule has 1 aliphatic rings. The average Bonchev–Trinajstić information content (AvgIpc) is 2.40. The van der Waals surface area contributed by atoms with E-state index in [2.05, 4.69) is 33.1 Å². The zero-order valence-corrected chi connectivity index (χ0v) is 10.4. The molecule has 16 heavy (non-hydrogen) atoms. The number of hydrogen-bond donors (Lipinski definition) is 1. The second-order valence-electron chi connectivity index (χ2n) is 5.43. The van der Waals surface area contributed by atoms with Crippen LogP contribution in [-0.4, -0.2) is 13.8 Å². The largest absolute Gasteiger partial charge is 0.325 e. The zero-order valence-electron chi connectivity index (χ0n) is 10.4. The third-order valence-corrected chi connectivity index (χ3v) is 3.34. The van der Waals surface area contributed by atoms with Gasteiger partial charge < -0.3 is 5.32 Å². The first-order chi connectivity index (χ1) is 7.43. The van der Waals surface area contributed by atoms with Crippen molar-refractivity contribution in [3.05, 3.63) is 23.8 Å². The minimum Gasteiger partial charge on any atom is -0.325 e. The van der Waals surface area contributed by atoms with Crippen molar-refractivity contribution < 1.29 is 4.79 Å². The maximum Gasteiger partial charge on any atom is 0.234 e. The van der Waals surface area contributed by atoms with Crippen LogP contribution < -0.4 is 10.8 Å². The van der Waals surface area contributed by atoms with Crippen LogP contribution in [0.25, 0.3) is 0 Å². The second kappa shape index (κ2) is 3.65. The van der Waals surface area contributed by atoms with E-state index in [1.165, 1.54) is 5.46 Å². The SMILES string of the molecule is Bc1ccc2c(c1)C(C)(CC(C)C)C(=O)N2. The fourth-order valence-corrected chi connectivity index (χ4v) is 2.63. The number of nitrogens with one attached hydrogen (secondary N) is 1. The quantitative estimate of drug-likeness (QED) is 0.738. The molecule has 1 aromatic rings. The summed E-state index contributed by atoms with van der Waals surface area (Å²) in [5.74, 6) is 0.656. The number of rotatable bonds is 2. The third kappa shape index (κ3) is 1.64. The van der Waals surface area contributed by atoms with Crippen LogP contribution in [0.15, 0.2) is 18.2 Å². The van der Waals surface area contributed by atoms with Crippen molar-refractivity contribution in [2.45, 2.75) is 32.6 Å². The lowest BCUT2D eigenvalue weighted by Gasteiger charge is -2.24. The Bertz CT molecular complexity index is 442. The van der Waals surface area contributed by atoms with Gasteiger partial charge in [0.05, 0.1) is 5.41 Å². The Hall–Kier alpha value is -1.25. The van der Waals surface area contributed by atoms with Crippen LogP contribution in [0, 0.1) is 5.92 Å². The number of fused-ring (bicyclic) bond motifs is 1. The van der Waals surface area contributed by atoms with Gasteiger partial charge in [0.2, 0.25) is 5.91 Å². The topological polar surface area (TPSA) is 29.1 Å². The molecule has 0 spiro atoms. The highest BCUT2D eigenvalue weighted by atomic mass is 16.2. The maximum absolute atomic E-state index is 12.1. The van der Waals surface area contributed by atoms with E-state index >= 15 is 0 Å². The van der Waals surface area contributed by atoms with Crippen LogP contribution in [0.2, 0.25) is 0 Å². The van der Waals surface area contributed by atoms with Gasteiger partial charge in [0.25, 0.3) is 0 Å². The third-order valence-electron chi connectivity index (χ3n) is 3.34. The molecule has 1 aromatic carbocycles. The Morgan fingerprint density at radius 2 is 2.12 bits per heavy atom. The number of anilines is 1. The molecule has 84 valence electrons. The molecule has 0 aliphatic carbocycles. The normalized spacial score (nSPS) is 23.4. The summed E-state index contributed by atoms with van der Waals surface area (Å²) in [6.45, 7) is 6.37. The van der Waals surface area contributed by atoms with E-state index in [9.17, 15) is 4.79 Å². The minimum absolute atomic E-state index is 0.141. The first-order valence-corrected chi connectivity index (χ1v) is 5.86. The highest BCUT2D eigenvalue weighted by Gasteiger charge is 2.42. The molecule has 2 nitrogen and oxygen atoms in total. The van der Waals surface area contributed by atoms with Crippen LogP contribution in [-0.2, 0) is 10.2 Å². The van der Waals surface area contributed by atoms with Crippen LogP contribution in [0.5, 0.6) is 0 Å². The first kappa shape index (κ1) is 11.2. The van der Waals surface area contributed by atoms with Gasteiger partial charge in [-0.3, -0.25) is 4.79 Å². The molecule has 0 fully saturated rings. The van der Waals surface area contributed by atoms with E-state index in [0.29, 0.717) is 5.92 Å². The number of carbonyl (C=O) groups excluding carboxylic acids is 1. The lowest BCUT2D eigenvalue weighted by Crippen LogP contribution is -2.32. The van der Waals surface area contributed by atoms with Gasteiger partial charge in [0.1, 0.15) is 7.85 Å². The molecule has 1 N–H and O–H groups in total. The van der Waals surface area contributed by atoms with Gasteiger partial charge in [-0.05, 0) is 30.9 Å². The molecule has 0 bridgehead atoms. The Morgan fingerprint density at radius 3 is 2.75 bits per heavy atom. The number of amides is 1. The van der Waals surface area contributed by atoms with Gasteiger partial charge in [0.15, 0.2) is 0 Å². The van der Waals surface area contributed by atoms with Crippen molar-refractivity contribution in [2.75, 3.05) is 5.32 Å². The van der Waals surface area contributed by atoms with Crippen LogP contribution >= 0.6 is 0 Å². The summed E-state index contributed by atoms with van der Waals surface area (Å²) in [6.07, 6.45) is 0.898. The summed E-state index contributed by atoms with van der Waals surface area (Å²) < 4.78 is 0. The van der Waals surface area contributed by atoms with E-state index in [0.717, 1.165) is 17.7 Å². The molecule has 0 aromatic heterocycles. The van der Waals surface area contributed by atoms with E-state index < -0.39 is 0 Å². The highest BCUT2D eigenvalue weighted by molar-refractivity contribution is 6.32. The van der Waals surface area contributed by atoms with Gasteiger partial charge in [0, 0.05) is 5.69 Å². The lowest BCUT2D eigenvalue weighted by atomic mass is 9.75. The zero-order chi connectivity index (χ0) is 11.9. The van der Waals surface area contributed by atoms with Gasteiger partial charge in [-0.1, -0.05) is 31.4 Å². The molecule has 1 aliphatic heterocycles. The Morgan fingerprint density at radius 1 is 1.44 bits per heavy atom. The molecule has 1 unspecified atom stereocenters. The number of benzene rings is 1. The smallest absolute Gasteiger partial charge is 0.234 e. The van der Waals surface area contributed by atoms with Crippen molar-refractivity contribution in [1.82, 2.24) is 0 Å². The molecule has 0 radical (unpaired) electrons. The molecule has 1 atom stereocenters. The predicted octanol–water partition coefficient (Wildman–Crippen LogP) is 1.20. The first-order valence-electron chi connectivity index (χ1n) is 5.86. The summed E-state index contributed by atoms with van der Waals surface area (Å²) in [4.78, 5) is 12.1. The van der Waals surface area contributed by atoms with Crippen molar-refractivity contribution in [1.29, 1.82) is 0 Å². The van der Waals surface area contributed by atoms with E-state index in [1.807, 2.05) is 19.1 Å². The van der Waals surface area contributed by atoms with Crippen molar-refractivity contribution >= 4 is 24.9 Å². The van der Waals surface area contributed by atoms with Gasteiger partial charge in [-0.25, -0.2) is 0 Å². The van der Waals surface area contributed by atoms with E-state index in [1.54, 1.807) is 0 Å². The summed E-state index contributed by atoms with van der Waals surface area (Å²) in [7, 11) is 2.07. The predicted molar refractivity (Wildman–Crippen MR) is 70.1 cm³/mol. The number of hydrogen-bond acceptors (Lipinski definition) is 1. The fourth-order valence-electron chi connectivity index (χ4n) is 2.63. The Kier molecular flexibility index (Phi) is 2.57. The summed E-state index contributed by atoms with van der Waals surface area (Å²) in [6, 6.07) is 6.18. The van der Waals surface area contributed by atoms with Crippen molar-refractivity contribution in [3.63, 3.8) is 0 Å². The van der Waals surface area contributed by atoms with Crippen LogP contribution in [0.1, 0.15) is 32.8 Å². The Labute approximate surface area is 97.8 Å². The van der Waals surface area contributed by atoms with E-state index in [4.69, 9.17) is 0 Å². The molecular formula is C13H18BNO. The second-order valence-corrected chi connectivity index (χ2v) is 5.43. The monoisotopic (exact) mass is 215 g/mol. The summed E-state index contributed by atoms with van der Waals surface area (Å²) >= 11 is 0. The van der Waals surface area contributed by atoms with E-state index in [-0.39, 0.29) is 11.3 Å². The minimum atomic E-state index is -0.352. The standard InChI is InChI=1S/C13H18BNO/c1-8(2)7-13(3)10-6-9(14)4-5-11(10)15-12(13)16/h4-6,8H,7,14H2,1-3H3,(H,15,16). The maximum atomic E-state index is 12.1. The molecule has 1 amide bonds. The average molecular weight is 215 g/mol. The Balaban J connectivity index is 2.49. The van der Waals surface area contributed by atoms with Crippen LogP contribution in [0.4, 0.5) is 5.69 Å². The molecule has 2 rings (SSSR count). The number of carbonyl (C=O) groups is 1. The van der Waals surface area contributed by atoms with Gasteiger partial charge in [-0.2, -0.15) is 0 Å². The van der Waals surface area contributed by atoms with Crippen LogP contribution in [0.3, 0.4) is 0 Å². The lowest BCUT2D eigenvalue weighted by molar-refractivity contribution is -0.120. The van der Waals surface area contributed by atoms with Crippen molar-refractivity contribution in [2.24, 2.45) is 5.92 Å². The molecule has 0 saturated carbocycles. The molecule has 3 heteroatoms. The highest BCUT2D eigenvalue weighted by Crippen LogP contribution is 2.41. The van der Waals surface area contributed by atoms with Crippen molar-refractivity contribution in [3.8, 4) is 0 Å². The van der Waals surface area contributed by atoms with Gasteiger partial charge in [-0.15, -0.1) is 0 Å². The molecular weight excluding hydrogens is 197 g/mol. The van der Waals surface area contributed by atoms with Gasteiger partial charge >= 0.3 is 0 Å². The molecule has 0 saturated heterocycles. The summed E-state index contributed by atoms with van der Waals surface area (Å²) in [5.41, 5.74) is 3.00. The summed E-state index contributed by atoms with van der Waals surface area (Å²) in [5, 5.41) is 2.98.